The second-order valence-electron chi connectivity index (χ2n) is 6.35. The average Bonchev–Trinajstić information content (AvgIpc) is 2.74. The molecule has 0 aliphatic carbocycles. The van der Waals surface area contributed by atoms with Crippen LogP contribution < -0.4 is 15.6 Å². The summed E-state index contributed by atoms with van der Waals surface area (Å²) in [6.45, 7) is 3.60. The van der Waals surface area contributed by atoms with Crippen LogP contribution in [0.1, 0.15) is 33.3 Å². The summed E-state index contributed by atoms with van der Waals surface area (Å²) in [6.07, 6.45) is 0. The highest BCUT2D eigenvalue weighted by atomic mass is 16.5. The van der Waals surface area contributed by atoms with Gasteiger partial charge in [-0.2, -0.15) is 9.78 Å². The van der Waals surface area contributed by atoms with E-state index in [-0.39, 0.29) is 18.0 Å². The first-order chi connectivity index (χ1) is 14.4. The van der Waals surface area contributed by atoms with Gasteiger partial charge in [-0.05, 0) is 43.7 Å². The van der Waals surface area contributed by atoms with Gasteiger partial charge in [0.2, 0.25) is 0 Å². The van der Waals surface area contributed by atoms with Gasteiger partial charge >= 0.3 is 5.97 Å². The van der Waals surface area contributed by atoms with Crippen molar-refractivity contribution in [2.24, 2.45) is 0 Å². The highest BCUT2D eigenvalue weighted by Crippen LogP contribution is 2.18. The lowest BCUT2D eigenvalue weighted by Crippen LogP contribution is -2.27. The summed E-state index contributed by atoms with van der Waals surface area (Å²) in [7, 11) is 1.49. The van der Waals surface area contributed by atoms with E-state index in [1.54, 1.807) is 43.3 Å². The Kier molecular flexibility index (Phi) is 6.26. The number of methoxy groups -OCH3 is 1. The molecule has 8 heteroatoms. The van der Waals surface area contributed by atoms with Crippen LogP contribution in [0.15, 0.2) is 59.4 Å². The van der Waals surface area contributed by atoms with Gasteiger partial charge in [0, 0.05) is 11.6 Å². The third kappa shape index (κ3) is 4.38. The summed E-state index contributed by atoms with van der Waals surface area (Å²) in [6, 6.07) is 14.8. The van der Waals surface area contributed by atoms with Gasteiger partial charge in [-0.1, -0.05) is 24.3 Å². The van der Waals surface area contributed by atoms with E-state index in [1.165, 1.54) is 7.11 Å². The van der Waals surface area contributed by atoms with E-state index in [4.69, 9.17) is 9.47 Å². The Morgan fingerprint density at radius 1 is 1.10 bits per heavy atom. The number of benzene rings is 2. The molecule has 1 aromatic heterocycles. The maximum atomic E-state index is 12.7. The number of nitrogens with one attached hydrogen (secondary N) is 1. The molecule has 3 aromatic rings. The quantitative estimate of drug-likeness (QED) is 0.631. The first-order valence-electron chi connectivity index (χ1n) is 9.27. The number of carbonyl (C=O) groups is 2. The Labute approximate surface area is 173 Å². The summed E-state index contributed by atoms with van der Waals surface area (Å²) < 4.78 is 11.3. The van der Waals surface area contributed by atoms with E-state index in [2.05, 4.69) is 10.4 Å². The lowest BCUT2D eigenvalue weighted by Gasteiger charge is -2.13. The lowest BCUT2D eigenvalue weighted by atomic mass is 10.2. The number of ether oxygens (including phenoxy) is 2. The van der Waals surface area contributed by atoms with Crippen molar-refractivity contribution in [3.63, 3.8) is 0 Å². The van der Waals surface area contributed by atoms with Crippen LogP contribution in [0.5, 0.6) is 5.75 Å². The number of aryl methyl sites for hydroxylation is 1. The predicted octanol–water partition coefficient (Wildman–Crippen LogP) is 2.98. The van der Waals surface area contributed by atoms with Crippen molar-refractivity contribution in [3.8, 4) is 11.4 Å². The Morgan fingerprint density at radius 2 is 1.87 bits per heavy atom. The van der Waals surface area contributed by atoms with Gasteiger partial charge in [-0.25, -0.2) is 4.79 Å². The number of amides is 1. The smallest absolute Gasteiger partial charge is 0.360 e. The van der Waals surface area contributed by atoms with Gasteiger partial charge in [0.15, 0.2) is 5.69 Å². The number of hydrogen-bond acceptors (Lipinski definition) is 6. The van der Waals surface area contributed by atoms with E-state index >= 15 is 0 Å². The van der Waals surface area contributed by atoms with Crippen LogP contribution in [0.2, 0.25) is 0 Å². The zero-order chi connectivity index (χ0) is 21.7. The monoisotopic (exact) mass is 407 g/mol. The van der Waals surface area contributed by atoms with Crippen LogP contribution in [0.3, 0.4) is 0 Å². The second kappa shape index (κ2) is 9.04. The van der Waals surface area contributed by atoms with Crippen molar-refractivity contribution in [2.75, 3.05) is 19.0 Å². The molecule has 1 N–H and O–H groups in total. The van der Waals surface area contributed by atoms with E-state index in [0.717, 1.165) is 16.3 Å². The van der Waals surface area contributed by atoms with Crippen LogP contribution in [0.4, 0.5) is 5.69 Å². The van der Waals surface area contributed by atoms with Crippen molar-refractivity contribution in [3.05, 3.63) is 81.8 Å². The molecule has 0 aliphatic heterocycles. The third-order valence-corrected chi connectivity index (χ3v) is 4.32. The van der Waals surface area contributed by atoms with Gasteiger partial charge in [0.05, 0.1) is 25.1 Å². The molecular weight excluding hydrogens is 386 g/mol. The molecular formula is C22H21N3O5. The molecule has 0 spiro atoms. The molecule has 154 valence electrons. The SMILES string of the molecule is CCOC(=O)c1nn(-c2ccccc2C)c(=O)cc1NC(=O)c1cccc(OC)c1. The number of carbonyl (C=O) groups excluding carboxylic acids is 2. The molecule has 30 heavy (non-hydrogen) atoms. The lowest BCUT2D eigenvalue weighted by molar-refractivity contribution is 0.0518. The van der Waals surface area contributed by atoms with E-state index in [9.17, 15) is 14.4 Å². The first-order valence-corrected chi connectivity index (χ1v) is 9.27. The molecule has 0 saturated carbocycles. The average molecular weight is 407 g/mol. The zero-order valence-corrected chi connectivity index (χ0v) is 16.8. The Hall–Kier alpha value is -3.94. The molecule has 0 atom stereocenters. The number of hydrogen-bond donors (Lipinski definition) is 1. The maximum Gasteiger partial charge on any atom is 0.360 e. The molecule has 8 nitrogen and oxygen atoms in total. The van der Waals surface area contributed by atoms with Crippen molar-refractivity contribution < 1.29 is 19.1 Å². The molecule has 1 heterocycles. The molecule has 0 unspecified atom stereocenters. The predicted molar refractivity (Wildman–Crippen MR) is 111 cm³/mol. The van der Waals surface area contributed by atoms with E-state index in [1.807, 2.05) is 19.1 Å². The van der Waals surface area contributed by atoms with Crippen molar-refractivity contribution in [1.29, 1.82) is 0 Å². The zero-order valence-electron chi connectivity index (χ0n) is 16.8. The van der Waals surface area contributed by atoms with Crippen LogP contribution in [-0.2, 0) is 4.74 Å². The van der Waals surface area contributed by atoms with Crippen LogP contribution in [0.25, 0.3) is 5.69 Å². The second-order valence-corrected chi connectivity index (χ2v) is 6.35. The largest absolute Gasteiger partial charge is 0.497 e. The summed E-state index contributed by atoms with van der Waals surface area (Å²) >= 11 is 0. The van der Waals surface area contributed by atoms with Crippen LogP contribution in [-0.4, -0.2) is 35.4 Å². The minimum absolute atomic E-state index is 0.0314. The first kappa shape index (κ1) is 20.8. The number of esters is 1. The minimum atomic E-state index is -0.749. The molecule has 0 fully saturated rings. The van der Waals surface area contributed by atoms with Gasteiger partial charge < -0.3 is 14.8 Å². The topological polar surface area (TPSA) is 99.5 Å². The molecule has 2 aromatic carbocycles. The number of aromatic nitrogens is 2. The molecule has 0 aliphatic rings. The summed E-state index contributed by atoms with van der Waals surface area (Å²) in [4.78, 5) is 37.9. The highest BCUT2D eigenvalue weighted by Gasteiger charge is 2.21. The van der Waals surface area contributed by atoms with Gasteiger partial charge in [0.25, 0.3) is 11.5 Å². The summed E-state index contributed by atoms with van der Waals surface area (Å²) in [5, 5.41) is 6.77. The number of rotatable bonds is 6. The standard InChI is InChI=1S/C22H21N3O5/c1-4-30-22(28)20-17(23-21(27)15-9-7-10-16(12-15)29-3)13-19(26)25(24-20)18-11-6-5-8-14(18)2/h5-13H,4H2,1-3H3,(H,23,27). The maximum absolute atomic E-state index is 12.7. The van der Waals surface area contributed by atoms with Crippen LogP contribution >= 0.6 is 0 Å². The summed E-state index contributed by atoms with van der Waals surface area (Å²) in [5.74, 6) is -0.767. The van der Waals surface area contributed by atoms with E-state index < -0.39 is 17.4 Å². The Morgan fingerprint density at radius 3 is 2.57 bits per heavy atom. The van der Waals surface area contributed by atoms with Gasteiger partial charge in [0.1, 0.15) is 5.75 Å². The van der Waals surface area contributed by atoms with Crippen molar-refractivity contribution >= 4 is 17.6 Å². The fourth-order valence-electron chi connectivity index (χ4n) is 2.83. The fraction of sp³-hybridized carbons (Fsp3) is 0.182. The van der Waals surface area contributed by atoms with Gasteiger partial charge in [-0.3, -0.25) is 9.59 Å². The van der Waals surface area contributed by atoms with Crippen molar-refractivity contribution in [2.45, 2.75) is 13.8 Å². The highest BCUT2D eigenvalue weighted by molar-refractivity contribution is 6.07. The normalized spacial score (nSPS) is 10.4. The number of anilines is 1. The Bertz CT molecular complexity index is 1150. The van der Waals surface area contributed by atoms with E-state index in [0.29, 0.717) is 17.0 Å². The van der Waals surface area contributed by atoms with Crippen molar-refractivity contribution in [1.82, 2.24) is 9.78 Å². The third-order valence-electron chi connectivity index (χ3n) is 4.32. The molecule has 0 bridgehead atoms. The summed E-state index contributed by atoms with van der Waals surface area (Å²) in [5.41, 5.74) is 0.923. The number of nitrogens with zero attached hydrogens (tertiary/aromatic N) is 2. The number of para-hydroxylation sites is 1. The molecule has 0 saturated heterocycles. The Balaban J connectivity index is 2.06. The molecule has 1 amide bonds. The van der Waals surface area contributed by atoms with Crippen LogP contribution in [0, 0.1) is 6.92 Å². The fourth-order valence-corrected chi connectivity index (χ4v) is 2.83. The molecule has 0 radical (unpaired) electrons. The minimum Gasteiger partial charge on any atom is -0.497 e. The molecule has 3 rings (SSSR count). The van der Waals surface area contributed by atoms with Gasteiger partial charge in [-0.15, -0.1) is 0 Å².